The number of hydrogen-bond donors (Lipinski definition) is 3. The van der Waals surface area contributed by atoms with Crippen LogP contribution < -0.4 is 11.5 Å². The normalized spacial score (nSPS) is 28.1. The zero-order chi connectivity index (χ0) is 16.3. The molecule has 0 aromatic rings. The minimum atomic E-state index is -1.08. The van der Waals surface area contributed by atoms with Gasteiger partial charge >= 0.3 is 0 Å². The summed E-state index contributed by atoms with van der Waals surface area (Å²) < 4.78 is 27.0. The number of halogens is 2. The minimum Gasteiger partial charge on any atom is -0.398 e. The molecule has 0 aromatic carbocycles. The van der Waals surface area contributed by atoms with E-state index >= 15 is 0 Å². The SMILES string of the molecule is N=C(/C=C(\N)C1=CCC(F)C=C1)C1C(F)=CC=CC1C(N)=O. The summed E-state index contributed by atoms with van der Waals surface area (Å²) in [7, 11) is 0. The fraction of sp³-hybridized carbons (Fsp3) is 0.250. The van der Waals surface area contributed by atoms with Gasteiger partial charge < -0.3 is 16.9 Å². The monoisotopic (exact) mass is 305 g/mol. The summed E-state index contributed by atoms with van der Waals surface area (Å²) in [5.41, 5.74) is 11.8. The molecule has 1 amide bonds. The van der Waals surface area contributed by atoms with Gasteiger partial charge in [0.2, 0.25) is 5.91 Å². The molecule has 0 heterocycles. The molecule has 3 unspecified atom stereocenters. The predicted molar refractivity (Wildman–Crippen MR) is 81.2 cm³/mol. The molecule has 0 radical (unpaired) electrons. The van der Waals surface area contributed by atoms with Crippen molar-refractivity contribution in [3.05, 3.63) is 59.6 Å². The molecule has 116 valence electrons. The first-order chi connectivity index (χ1) is 10.4. The van der Waals surface area contributed by atoms with Crippen molar-refractivity contribution in [1.82, 2.24) is 0 Å². The highest BCUT2D eigenvalue weighted by Crippen LogP contribution is 2.29. The Morgan fingerprint density at radius 2 is 2.09 bits per heavy atom. The molecule has 0 aliphatic heterocycles. The highest BCUT2D eigenvalue weighted by Gasteiger charge is 2.32. The van der Waals surface area contributed by atoms with Gasteiger partial charge in [-0.2, -0.15) is 0 Å². The van der Waals surface area contributed by atoms with Crippen molar-refractivity contribution in [2.24, 2.45) is 23.3 Å². The summed E-state index contributed by atoms with van der Waals surface area (Å²) >= 11 is 0. The van der Waals surface area contributed by atoms with E-state index in [9.17, 15) is 13.6 Å². The van der Waals surface area contributed by atoms with E-state index in [1.165, 1.54) is 36.5 Å². The van der Waals surface area contributed by atoms with E-state index in [2.05, 4.69) is 0 Å². The largest absolute Gasteiger partial charge is 0.398 e. The van der Waals surface area contributed by atoms with Gasteiger partial charge in [0, 0.05) is 17.8 Å². The zero-order valence-corrected chi connectivity index (χ0v) is 11.8. The molecule has 2 aliphatic carbocycles. The maximum Gasteiger partial charge on any atom is 0.225 e. The third kappa shape index (κ3) is 3.39. The van der Waals surface area contributed by atoms with E-state index in [1.807, 2.05) is 0 Å². The van der Waals surface area contributed by atoms with Gasteiger partial charge in [-0.25, -0.2) is 8.78 Å². The van der Waals surface area contributed by atoms with Crippen LogP contribution in [0, 0.1) is 17.2 Å². The van der Waals surface area contributed by atoms with Crippen molar-refractivity contribution in [1.29, 1.82) is 5.41 Å². The predicted octanol–water partition coefficient (Wildman–Crippen LogP) is 2.21. The number of carbonyl (C=O) groups excluding carboxylic acids is 1. The van der Waals surface area contributed by atoms with Crippen LogP contribution in [0.3, 0.4) is 0 Å². The Bertz CT molecular complexity index is 644. The Kier molecular flexibility index (Phi) is 4.70. The zero-order valence-electron chi connectivity index (χ0n) is 11.8. The van der Waals surface area contributed by atoms with E-state index in [1.54, 1.807) is 6.08 Å². The second-order valence-electron chi connectivity index (χ2n) is 5.17. The summed E-state index contributed by atoms with van der Waals surface area (Å²) in [6, 6.07) is 0. The van der Waals surface area contributed by atoms with Gasteiger partial charge in [-0.3, -0.25) is 4.79 Å². The molecule has 6 heteroatoms. The Morgan fingerprint density at radius 1 is 1.36 bits per heavy atom. The van der Waals surface area contributed by atoms with E-state index in [4.69, 9.17) is 16.9 Å². The number of allylic oxidation sites excluding steroid dienone is 7. The highest BCUT2D eigenvalue weighted by atomic mass is 19.1. The molecule has 2 aliphatic rings. The van der Waals surface area contributed by atoms with E-state index < -0.39 is 29.7 Å². The van der Waals surface area contributed by atoms with Crippen molar-refractivity contribution in [2.75, 3.05) is 0 Å². The van der Waals surface area contributed by atoms with Gasteiger partial charge in [0.05, 0.1) is 11.8 Å². The van der Waals surface area contributed by atoms with Crippen molar-refractivity contribution in [2.45, 2.75) is 12.6 Å². The number of amides is 1. The molecule has 0 fully saturated rings. The van der Waals surface area contributed by atoms with Crippen LogP contribution in [0.5, 0.6) is 0 Å². The first-order valence-electron chi connectivity index (χ1n) is 6.81. The molecule has 0 aromatic heterocycles. The van der Waals surface area contributed by atoms with Crippen molar-refractivity contribution < 1.29 is 13.6 Å². The lowest BCUT2D eigenvalue weighted by Crippen LogP contribution is -2.34. The average molecular weight is 305 g/mol. The Labute approximate surface area is 127 Å². The quantitative estimate of drug-likeness (QED) is 0.695. The lowest BCUT2D eigenvalue weighted by molar-refractivity contribution is -0.121. The molecular formula is C16H17F2N3O. The second-order valence-corrected chi connectivity index (χ2v) is 5.17. The Morgan fingerprint density at radius 3 is 2.68 bits per heavy atom. The lowest BCUT2D eigenvalue weighted by Gasteiger charge is -2.23. The summed E-state index contributed by atoms with van der Waals surface area (Å²) in [5, 5.41) is 8.02. The summed E-state index contributed by atoms with van der Waals surface area (Å²) in [4.78, 5) is 11.4. The number of alkyl halides is 1. The number of nitrogens with two attached hydrogens (primary N) is 2. The average Bonchev–Trinajstić information content (AvgIpc) is 2.47. The standard InChI is InChI=1S/C16H17F2N3O/c17-10-6-4-9(5-7-10)13(19)8-14(20)15-11(16(21)22)2-1-3-12(15)18/h1-6,8,10-11,15,20H,7,19H2,(H2,21,22)/b13-8-,20-14?. The fourth-order valence-electron chi connectivity index (χ4n) is 2.40. The molecule has 0 saturated carbocycles. The van der Waals surface area contributed by atoms with Gasteiger partial charge in [0.1, 0.15) is 12.0 Å². The number of primary amides is 1. The molecule has 0 spiro atoms. The number of hydrogen-bond acceptors (Lipinski definition) is 3. The van der Waals surface area contributed by atoms with Gasteiger partial charge in [-0.1, -0.05) is 24.3 Å². The smallest absolute Gasteiger partial charge is 0.225 e. The number of rotatable bonds is 4. The lowest BCUT2D eigenvalue weighted by atomic mass is 9.82. The molecule has 2 rings (SSSR count). The number of carbonyl (C=O) groups is 1. The molecule has 22 heavy (non-hydrogen) atoms. The summed E-state index contributed by atoms with van der Waals surface area (Å²) in [5.74, 6) is -3.33. The summed E-state index contributed by atoms with van der Waals surface area (Å²) in [6.45, 7) is 0. The van der Waals surface area contributed by atoms with Crippen LogP contribution in [0.2, 0.25) is 0 Å². The van der Waals surface area contributed by atoms with Gasteiger partial charge in [-0.05, 0) is 23.8 Å². The third-order valence-corrected chi connectivity index (χ3v) is 3.59. The molecule has 3 atom stereocenters. The molecular weight excluding hydrogens is 288 g/mol. The Hall–Kier alpha value is -2.50. The second kappa shape index (κ2) is 6.51. The van der Waals surface area contributed by atoms with Crippen LogP contribution in [-0.2, 0) is 4.79 Å². The van der Waals surface area contributed by atoms with Crippen molar-refractivity contribution in [3.8, 4) is 0 Å². The van der Waals surface area contributed by atoms with Crippen LogP contribution in [-0.4, -0.2) is 17.8 Å². The van der Waals surface area contributed by atoms with Crippen LogP contribution in [0.25, 0.3) is 0 Å². The topological polar surface area (TPSA) is 93.0 Å². The molecule has 0 bridgehead atoms. The Balaban J connectivity index is 2.21. The maximum absolute atomic E-state index is 14.0. The van der Waals surface area contributed by atoms with E-state index in [-0.39, 0.29) is 17.8 Å². The van der Waals surface area contributed by atoms with E-state index in [0.29, 0.717) is 5.57 Å². The molecule has 0 saturated heterocycles. The van der Waals surface area contributed by atoms with Gasteiger partial charge in [-0.15, -0.1) is 0 Å². The van der Waals surface area contributed by atoms with Gasteiger partial charge in [0.15, 0.2) is 0 Å². The van der Waals surface area contributed by atoms with Crippen LogP contribution in [0.15, 0.2) is 59.6 Å². The van der Waals surface area contributed by atoms with Crippen molar-refractivity contribution >= 4 is 11.6 Å². The van der Waals surface area contributed by atoms with Crippen LogP contribution in [0.1, 0.15) is 6.42 Å². The first kappa shape index (κ1) is 15.9. The fourth-order valence-corrected chi connectivity index (χ4v) is 2.40. The minimum absolute atomic E-state index is 0.156. The number of nitrogens with one attached hydrogen (secondary N) is 1. The van der Waals surface area contributed by atoms with Crippen LogP contribution >= 0.6 is 0 Å². The summed E-state index contributed by atoms with van der Waals surface area (Å²) in [6.07, 6.45) is 9.00. The molecule has 4 nitrogen and oxygen atoms in total. The van der Waals surface area contributed by atoms with Gasteiger partial charge in [0.25, 0.3) is 0 Å². The maximum atomic E-state index is 14.0. The molecule has 5 N–H and O–H groups in total. The van der Waals surface area contributed by atoms with Crippen molar-refractivity contribution in [3.63, 3.8) is 0 Å². The van der Waals surface area contributed by atoms with Crippen LogP contribution in [0.4, 0.5) is 8.78 Å². The third-order valence-electron chi connectivity index (χ3n) is 3.59. The van der Waals surface area contributed by atoms with E-state index in [0.717, 1.165) is 0 Å². The highest BCUT2D eigenvalue weighted by molar-refractivity contribution is 6.00. The first-order valence-corrected chi connectivity index (χ1v) is 6.81.